The van der Waals surface area contributed by atoms with Crippen LogP contribution in [0, 0.1) is 5.92 Å². The lowest BCUT2D eigenvalue weighted by atomic mass is 9.90. The molecule has 0 aromatic carbocycles. The Balaban J connectivity index is 1.52. The third kappa shape index (κ3) is 2.59. The van der Waals surface area contributed by atoms with E-state index in [4.69, 9.17) is 0 Å². The first kappa shape index (κ1) is 12.9. The molecule has 3 heterocycles. The molecular weight excluding hydrogens is 222 g/mol. The van der Waals surface area contributed by atoms with Crippen LogP contribution in [0.2, 0.25) is 0 Å². The molecule has 4 atom stereocenters. The molecule has 104 valence electrons. The molecule has 0 radical (unpaired) electrons. The molecule has 3 saturated heterocycles. The minimum atomic E-state index is 0.693. The second-order valence-electron chi connectivity index (χ2n) is 6.76. The summed E-state index contributed by atoms with van der Waals surface area (Å²) in [5.74, 6) is 0.860. The lowest BCUT2D eigenvalue weighted by Gasteiger charge is -2.36. The first-order valence-corrected chi connectivity index (χ1v) is 7.92. The lowest BCUT2D eigenvalue weighted by Crippen LogP contribution is -2.49. The lowest BCUT2D eigenvalue weighted by molar-refractivity contribution is 0.168. The number of likely N-dealkylation sites (tertiary alicyclic amines) is 1. The van der Waals surface area contributed by atoms with Gasteiger partial charge in [0.2, 0.25) is 0 Å². The van der Waals surface area contributed by atoms with Crippen molar-refractivity contribution in [1.29, 1.82) is 0 Å². The van der Waals surface area contributed by atoms with E-state index in [1.807, 2.05) is 0 Å². The van der Waals surface area contributed by atoms with Crippen molar-refractivity contribution in [3.63, 3.8) is 0 Å². The van der Waals surface area contributed by atoms with E-state index in [1.165, 1.54) is 58.3 Å². The fourth-order valence-electron chi connectivity index (χ4n) is 4.37. The van der Waals surface area contributed by atoms with Crippen molar-refractivity contribution in [2.24, 2.45) is 5.92 Å². The zero-order valence-electron chi connectivity index (χ0n) is 12.1. The molecule has 4 unspecified atom stereocenters. The predicted molar refractivity (Wildman–Crippen MR) is 75.8 cm³/mol. The summed E-state index contributed by atoms with van der Waals surface area (Å²) in [7, 11) is 2.27. The molecule has 3 rings (SSSR count). The fraction of sp³-hybridized carbons (Fsp3) is 1.00. The Morgan fingerprint density at radius 2 is 1.89 bits per heavy atom. The van der Waals surface area contributed by atoms with Gasteiger partial charge in [-0.05, 0) is 65.1 Å². The van der Waals surface area contributed by atoms with Crippen LogP contribution in [0.15, 0.2) is 0 Å². The number of nitrogens with one attached hydrogen (secondary N) is 1. The molecule has 0 aromatic rings. The van der Waals surface area contributed by atoms with Crippen LogP contribution in [0.5, 0.6) is 0 Å². The largest absolute Gasteiger partial charge is 0.310 e. The standard InChI is InChI=1S/C15H29N3/c1-12(13-5-3-8-17(2)11-13)16-14-7-10-18-9-4-6-15(14)18/h12-16H,3-11H2,1-2H3. The van der Waals surface area contributed by atoms with Crippen LogP contribution in [0.4, 0.5) is 0 Å². The van der Waals surface area contributed by atoms with Crippen molar-refractivity contribution in [2.45, 2.75) is 57.2 Å². The van der Waals surface area contributed by atoms with Crippen molar-refractivity contribution >= 4 is 0 Å². The monoisotopic (exact) mass is 251 g/mol. The van der Waals surface area contributed by atoms with Gasteiger partial charge in [0.1, 0.15) is 0 Å². The summed E-state index contributed by atoms with van der Waals surface area (Å²) in [5.41, 5.74) is 0. The molecule has 3 nitrogen and oxygen atoms in total. The molecule has 3 heteroatoms. The van der Waals surface area contributed by atoms with Crippen molar-refractivity contribution in [3.8, 4) is 0 Å². The second-order valence-corrected chi connectivity index (χ2v) is 6.76. The number of fused-ring (bicyclic) bond motifs is 1. The van der Waals surface area contributed by atoms with E-state index in [-0.39, 0.29) is 0 Å². The van der Waals surface area contributed by atoms with Gasteiger partial charge in [-0.1, -0.05) is 0 Å². The van der Waals surface area contributed by atoms with Gasteiger partial charge >= 0.3 is 0 Å². The summed E-state index contributed by atoms with van der Waals surface area (Å²) in [6, 6.07) is 2.32. The SMILES string of the molecule is CC(NC1CCN2CCCC12)C1CCCN(C)C1. The molecule has 0 aromatic heterocycles. The third-order valence-corrected chi connectivity index (χ3v) is 5.45. The topological polar surface area (TPSA) is 18.5 Å². The van der Waals surface area contributed by atoms with Crippen molar-refractivity contribution in [2.75, 3.05) is 33.2 Å². The highest BCUT2D eigenvalue weighted by Gasteiger charge is 2.38. The molecule has 0 saturated carbocycles. The number of hydrogen-bond donors (Lipinski definition) is 1. The minimum Gasteiger partial charge on any atom is -0.310 e. The third-order valence-electron chi connectivity index (χ3n) is 5.45. The van der Waals surface area contributed by atoms with Crippen molar-refractivity contribution in [3.05, 3.63) is 0 Å². The zero-order chi connectivity index (χ0) is 12.5. The Bertz CT molecular complexity index is 281. The smallest absolute Gasteiger partial charge is 0.0250 e. The van der Waals surface area contributed by atoms with Crippen LogP contribution in [0.1, 0.15) is 39.0 Å². The molecule has 1 N–H and O–H groups in total. The molecule has 18 heavy (non-hydrogen) atoms. The molecular formula is C15H29N3. The average Bonchev–Trinajstić information content (AvgIpc) is 2.94. The average molecular weight is 251 g/mol. The van der Waals surface area contributed by atoms with Gasteiger partial charge in [-0.2, -0.15) is 0 Å². The van der Waals surface area contributed by atoms with Crippen LogP contribution < -0.4 is 5.32 Å². The van der Waals surface area contributed by atoms with Gasteiger partial charge in [0.25, 0.3) is 0 Å². The van der Waals surface area contributed by atoms with Crippen LogP contribution >= 0.6 is 0 Å². The molecule has 3 fully saturated rings. The summed E-state index contributed by atoms with van der Waals surface area (Å²) in [5, 5.41) is 3.97. The Morgan fingerprint density at radius 3 is 2.72 bits per heavy atom. The van der Waals surface area contributed by atoms with Gasteiger partial charge in [0, 0.05) is 31.2 Å². The highest BCUT2D eigenvalue weighted by molar-refractivity contribution is 4.97. The summed E-state index contributed by atoms with van der Waals surface area (Å²) in [4.78, 5) is 5.21. The van der Waals surface area contributed by atoms with E-state index in [2.05, 4.69) is 29.1 Å². The van der Waals surface area contributed by atoms with Gasteiger partial charge in [-0.3, -0.25) is 4.90 Å². The number of piperidine rings is 1. The Labute approximate surface area is 112 Å². The summed E-state index contributed by atoms with van der Waals surface area (Å²) in [6.07, 6.45) is 7.02. The molecule has 0 aliphatic carbocycles. The molecule has 0 bridgehead atoms. The zero-order valence-corrected chi connectivity index (χ0v) is 12.1. The Morgan fingerprint density at radius 1 is 1.06 bits per heavy atom. The van der Waals surface area contributed by atoms with Crippen LogP contribution in [0.25, 0.3) is 0 Å². The van der Waals surface area contributed by atoms with E-state index in [0.29, 0.717) is 6.04 Å². The van der Waals surface area contributed by atoms with Crippen molar-refractivity contribution < 1.29 is 0 Å². The van der Waals surface area contributed by atoms with Crippen LogP contribution in [-0.2, 0) is 0 Å². The summed E-state index contributed by atoms with van der Waals surface area (Å²) >= 11 is 0. The minimum absolute atomic E-state index is 0.693. The molecule has 3 aliphatic rings. The van der Waals surface area contributed by atoms with E-state index < -0.39 is 0 Å². The maximum Gasteiger partial charge on any atom is 0.0250 e. The maximum absolute atomic E-state index is 3.97. The normalized spacial score (nSPS) is 40.0. The second kappa shape index (κ2) is 5.48. The predicted octanol–water partition coefficient (Wildman–Crippen LogP) is 1.54. The first-order chi connectivity index (χ1) is 8.74. The fourth-order valence-corrected chi connectivity index (χ4v) is 4.37. The molecule has 0 amide bonds. The van der Waals surface area contributed by atoms with Gasteiger partial charge in [0.05, 0.1) is 0 Å². The summed E-state index contributed by atoms with van der Waals surface area (Å²) in [6.45, 7) is 7.68. The van der Waals surface area contributed by atoms with Gasteiger partial charge in [-0.15, -0.1) is 0 Å². The Hall–Kier alpha value is -0.120. The van der Waals surface area contributed by atoms with Gasteiger partial charge in [-0.25, -0.2) is 0 Å². The van der Waals surface area contributed by atoms with Gasteiger partial charge < -0.3 is 10.2 Å². The highest BCUT2D eigenvalue weighted by atomic mass is 15.2. The quantitative estimate of drug-likeness (QED) is 0.821. The molecule has 0 spiro atoms. The van der Waals surface area contributed by atoms with Gasteiger partial charge in [0.15, 0.2) is 0 Å². The van der Waals surface area contributed by atoms with Crippen LogP contribution in [-0.4, -0.2) is 61.2 Å². The maximum atomic E-state index is 3.97. The van der Waals surface area contributed by atoms with E-state index in [0.717, 1.165) is 18.0 Å². The Kier molecular flexibility index (Phi) is 3.92. The van der Waals surface area contributed by atoms with Crippen LogP contribution in [0.3, 0.4) is 0 Å². The highest BCUT2D eigenvalue weighted by Crippen LogP contribution is 2.29. The van der Waals surface area contributed by atoms with E-state index in [1.54, 1.807) is 0 Å². The van der Waals surface area contributed by atoms with Crippen molar-refractivity contribution in [1.82, 2.24) is 15.1 Å². The van der Waals surface area contributed by atoms with E-state index in [9.17, 15) is 0 Å². The number of rotatable bonds is 3. The number of hydrogen-bond acceptors (Lipinski definition) is 3. The number of nitrogens with zero attached hydrogens (tertiary/aromatic N) is 2. The molecule has 3 aliphatic heterocycles. The van der Waals surface area contributed by atoms with E-state index >= 15 is 0 Å². The first-order valence-electron chi connectivity index (χ1n) is 7.92. The summed E-state index contributed by atoms with van der Waals surface area (Å²) < 4.78 is 0.